The summed E-state index contributed by atoms with van der Waals surface area (Å²) in [5.74, 6) is 1.08. The highest BCUT2D eigenvalue weighted by atomic mass is 16.5. The first kappa shape index (κ1) is 11.1. The molecule has 3 heteroatoms. The summed E-state index contributed by atoms with van der Waals surface area (Å²) in [7, 11) is 0. The van der Waals surface area contributed by atoms with Crippen LogP contribution in [0.4, 0.5) is 0 Å². The number of likely N-dealkylation sites (tertiary alicyclic amines) is 1. The van der Waals surface area contributed by atoms with Gasteiger partial charge in [-0.15, -0.1) is 0 Å². The number of nitrogens with zero attached hydrogens (tertiary/aromatic N) is 1. The molecule has 1 fully saturated rings. The van der Waals surface area contributed by atoms with E-state index in [4.69, 9.17) is 10.5 Å². The van der Waals surface area contributed by atoms with Gasteiger partial charge in [0.25, 0.3) is 0 Å². The molecule has 0 unspecified atom stereocenters. The van der Waals surface area contributed by atoms with Crippen LogP contribution in [0, 0.1) is 0 Å². The van der Waals surface area contributed by atoms with Gasteiger partial charge >= 0.3 is 0 Å². The Labute approximate surface area is 103 Å². The van der Waals surface area contributed by atoms with Crippen molar-refractivity contribution in [2.45, 2.75) is 25.3 Å². The predicted molar refractivity (Wildman–Crippen MR) is 68.4 cm³/mol. The molecule has 2 N–H and O–H groups in total. The first-order chi connectivity index (χ1) is 8.31. The third-order valence-electron chi connectivity index (χ3n) is 3.78. The average molecular weight is 232 g/mol. The number of fused-ring (bicyclic) bond motifs is 1. The summed E-state index contributed by atoms with van der Waals surface area (Å²) in [6.45, 7) is 4.20. The Bertz CT molecular complexity index is 405. The molecule has 0 amide bonds. The van der Waals surface area contributed by atoms with Crippen molar-refractivity contribution in [3.63, 3.8) is 0 Å². The Morgan fingerprint density at radius 3 is 3.18 bits per heavy atom. The summed E-state index contributed by atoms with van der Waals surface area (Å²) in [6, 6.07) is 7.01. The topological polar surface area (TPSA) is 38.5 Å². The van der Waals surface area contributed by atoms with Crippen molar-refractivity contribution < 1.29 is 4.74 Å². The lowest BCUT2D eigenvalue weighted by atomic mass is 10.1. The highest BCUT2D eigenvalue weighted by Crippen LogP contribution is 2.26. The summed E-state index contributed by atoms with van der Waals surface area (Å²) in [5.41, 5.74) is 8.71. The Hall–Kier alpha value is -1.06. The molecule has 0 aliphatic carbocycles. The molecule has 92 valence electrons. The minimum absolute atomic E-state index is 0.392. The van der Waals surface area contributed by atoms with Gasteiger partial charge in [0.05, 0.1) is 6.61 Å². The Balaban J connectivity index is 1.58. The third-order valence-corrected chi connectivity index (χ3v) is 3.78. The molecule has 1 saturated heterocycles. The molecule has 2 heterocycles. The van der Waals surface area contributed by atoms with E-state index in [1.54, 1.807) is 0 Å². The smallest absolute Gasteiger partial charge is 0.122 e. The van der Waals surface area contributed by atoms with E-state index in [0.717, 1.165) is 51.3 Å². The minimum Gasteiger partial charge on any atom is -0.493 e. The number of nitrogens with two attached hydrogens (primary N) is 1. The number of hydrogen-bond donors (Lipinski definition) is 1. The summed E-state index contributed by atoms with van der Waals surface area (Å²) in [4.78, 5) is 2.47. The maximum atomic E-state index is 5.91. The second kappa shape index (κ2) is 4.67. The van der Waals surface area contributed by atoms with Crippen LogP contribution in [0.15, 0.2) is 18.2 Å². The normalized spacial score (nSPS) is 23.7. The van der Waals surface area contributed by atoms with Crippen molar-refractivity contribution in [3.05, 3.63) is 29.3 Å². The van der Waals surface area contributed by atoms with Crippen LogP contribution in [0.1, 0.15) is 17.5 Å². The lowest BCUT2D eigenvalue weighted by Crippen LogP contribution is -2.28. The molecule has 0 spiro atoms. The number of rotatable bonds is 3. The maximum absolute atomic E-state index is 5.91. The molecule has 0 aromatic heterocycles. The lowest BCUT2D eigenvalue weighted by Gasteiger charge is -2.15. The van der Waals surface area contributed by atoms with Crippen LogP contribution in [-0.4, -0.2) is 37.2 Å². The molecule has 1 atom stereocenters. The van der Waals surface area contributed by atoms with E-state index in [9.17, 15) is 0 Å². The first-order valence-corrected chi connectivity index (χ1v) is 6.54. The van der Waals surface area contributed by atoms with Crippen LogP contribution in [0.5, 0.6) is 5.75 Å². The molecule has 2 aliphatic rings. The summed E-state index contributed by atoms with van der Waals surface area (Å²) in [6.07, 6.45) is 3.34. The Kier molecular flexibility index (Phi) is 3.04. The number of benzene rings is 1. The van der Waals surface area contributed by atoms with Crippen LogP contribution in [0.3, 0.4) is 0 Å². The second-order valence-electron chi connectivity index (χ2n) is 5.14. The fourth-order valence-electron chi connectivity index (χ4n) is 2.75. The van der Waals surface area contributed by atoms with E-state index in [1.807, 2.05) is 0 Å². The van der Waals surface area contributed by atoms with E-state index < -0.39 is 0 Å². The molecule has 0 saturated carbocycles. The van der Waals surface area contributed by atoms with E-state index in [0.29, 0.717) is 6.04 Å². The molecule has 0 radical (unpaired) electrons. The molecule has 17 heavy (non-hydrogen) atoms. The SMILES string of the molecule is N[C@@H]1CCN(CCc2ccc3c(c2)CCO3)C1. The van der Waals surface area contributed by atoms with Crippen LogP contribution >= 0.6 is 0 Å². The van der Waals surface area contributed by atoms with Crippen molar-refractivity contribution in [1.29, 1.82) is 0 Å². The van der Waals surface area contributed by atoms with Gasteiger partial charge in [0, 0.05) is 25.6 Å². The molecule has 3 nitrogen and oxygen atoms in total. The van der Waals surface area contributed by atoms with Crippen LogP contribution in [-0.2, 0) is 12.8 Å². The number of ether oxygens (including phenoxy) is 1. The van der Waals surface area contributed by atoms with Crippen molar-refractivity contribution in [1.82, 2.24) is 4.90 Å². The molecule has 2 aliphatic heterocycles. The zero-order chi connectivity index (χ0) is 11.7. The van der Waals surface area contributed by atoms with Gasteiger partial charge in [-0.2, -0.15) is 0 Å². The fraction of sp³-hybridized carbons (Fsp3) is 0.571. The summed E-state index contributed by atoms with van der Waals surface area (Å²) in [5, 5.41) is 0. The van der Waals surface area contributed by atoms with Gasteiger partial charge in [-0.3, -0.25) is 0 Å². The van der Waals surface area contributed by atoms with E-state index in [1.165, 1.54) is 11.1 Å². The monoisotopic (exact) mass is 232 g/mol. The molecule has 0 bridgehead atoms. The van der Waals surface area contributed by atoms with Crippen molar-refractivity contribution in [2.75, 3.05) is 26.2 Å². The Morgan fingerprint density at radius 1 is 1.41 bits per heavy atom. The number of hydrogen-bond acceptors (Lipinski definition) is 3. The molecular formula is C14H20N2O. The van der Waals surface area contributed by atoms with Crippen LogP contribution < -0.4 is 10.5 Å². The molecule has 1 aromatic rings. The molecule has 3 rings (SSSR count). The zero-order valence-electron chi connectivity index (χ0n) is 10.2. The second-order valence-corrected chi connectivity index (χ2v) is 5.14. The van der Waals surface area contributed by atoms with Gasteiger partial charge < -0.3 is 15.4 Å². The summed E-state index contributed by atoms with van der Waals surface area (Å²) < 4.78 is 5.52. The fourth-order valence-corrected chi connectivity index (χ4v) is 2.75. The van der Waals surface area contributed by atoms with E-state index in [2.05, 4.69) is 23.1 Å². The largest absolute Gasteiger partial charge is 0.493 e. The van der Waals surface area contributed by atoms with Crippen LogP contribution in [0.25, 0.3) is 0 Å². The van der Waals surface area contributed by atoms with Gasteiger partial charge in [0.1, 0.15) is 5.75 Å². The van der Waals surface area contributed by atoms with E-state index >= 15 is 0 Å². The molecular weight excluding hydrogens is 212 g/mol. The van der Waals surface area contributed by atoms with Crippen molar-refractivity contribution in [3.8, 4) is 5.75 Å². The summed E-state index contributed by atoms with van der Waals surface area (Å²) >= 11 is 0. The quantitative estimate of drug-likeness (QED) is 0.851. The predicted octanol–water partition coefficient (Wildman–Crippen LogP) is 1.20. The van der Waals surface area contributed by atoms with Crippen LogP contribution in [0.2, 0.25) is 0 Å². The van der Waals surface area contributed by atoms with Gasteiger partial charge in [-0.25, -0.2) is 0 Å². The Morgan fingerprint density at radius 2 is 2.35 bits per heavy atom. The van der Waals surface area contributed by atoms with Crippen molar-refractivity contribution >= 4 is 0 Å². The van der Waals surface area contributed by atoms with E-state index in [-0.39, 0.29) is 0 Å². The molecule has 1 aromatic carbocycles. The van der Waals surface area contributed by atoms with Gasteiger partial charge in [-0.1, -0.05) is 12.1 Å². The van der Waals surface area contributed by atoms with Gasteiger partial charge in [0.2, 0.25) is 0 Å². The maximum Gasteiger partial charge on any atom is 0.122 e. The van der Waals surface area contributed by atoms with Gasteiger partial charge in [0.15, 0.2) is 0 Å². The third kappa shape index (κ3) is 2.45. The van der Waals surface area contributed by atoms with Crippen molar-refractivity contribution in [2.24, 2.45) is 5.73 Å². The highest BCUT2D eigenvalue weighted by Gasteiger charge is 2.18. The lowest BCUT2D eigenvalue weighted by molar-refractivity contribution is 0.339. The minimum atomic E-state index is 0.392. The average Bonchev–Trinajstić information content (AvgIpc) is 2.94. The highest BCUT2D eigenvalue weighted by molar-refractivity contribution is 5.39. The first-order valence-electron chi connectivity index (χ1n) is 6.54. The zero-order valence-corrected chi connectivity index (χ0v) is 10.2. The standard InChI is InChI=1S/C14H20N2O/c15-13-4-7-16(10-13)6-3-11-1-2-14-12(9-11)5-8-17-14/h1-2,9,13H,3-8,10,15H2/t13-/m1/s1. The van der Waals surface area contributed by atoms with Gasteiger partial charge in [-0.05, 0) is 36.6 Å².